The van der Waals surface area contributed by atoms with E-state index in [1.165, 1.54) is 11.1 Å². The Morgan fingerprint density at radius 1 is 1.00 bits per heavy atom. The molecule has 92 valence electrons. The van der Waals surface area contributed by atoms with E-state index in [9.17, 15) is 0 Å². The van der Waals surface area contributed by atoms with Crippen molar-refractivity contribution in [3.63, 3.8) is 0 Å². The maximum Gasteiger partial charge on any atom is 0.140 e. The van der Waals surface area contributed by atoms with Crippen LogP contribution in [0.1, 0.15) is 17.2 Å². The first-order valence-corrected chi connectivity index (χ1v) is 6.35. The Morgan fingerprint density at radius 2 is 1.72 bits per heavy atom. The summed E-state index contributed by atoms with van der Waals surface area (Å²) in [4.78, 5) is 0. The average Bonchev–Trinajstić information content (AvgIpc) is 2.78. The summed E-state index contributed by atoms with van der Waals surface area (Å²) in [6.45, 7) is 0. The van der Waals surface area contributed by atoms with Crippen molar-refractivity contribution >= 4 is 0 Å². The van der Waals surface area contributed by atoms with Crippen LogP contribution in [0.4, 0.5) is 0 Å². The minimum absolute atomic E-state index is 0.105. The third-order valence-corrected chi connectivity index (χ3v) is 3.54. The zero-order valence-corrected chi connectivity index (χ0v) is 10.5. The third kappa shape index (κ3) is 2.00. The van der Waals surface area contributed by atoms with Crippen molar-refractivity contribution in [3.8, 4) is 5.75 Å². The molecule has 0 amide bonds. The van der Waals surface area contributed by atoms with Crippen molar-refractivity contribution in [2.45, 2.75) is 18.6 Å². The quantitative estimate of drug-likeness (QED) is 0.889. The zero-order valence-electron chi connectivity index (χ0n) is 10.5. The predicted octanol–water partition coefficient (Wildman–Crippen LogP) is 2.95. The molecule has 2 heteroatoms. The highest BCUT2D eigenvalue weighted by atomic mass is 16.5. The van der Waals surface area contributed by atoms with Gasteiger partial charge in [-0.05, 0) is 36.7 Å². The summed E-state index contributed by atoms with van der Waals surface area (Å²) in [6, 6.07) is 18.9. The SMILES string of the molecule is CNC1Cc2ccccc2C1Oc1ccccc1. The van der Waals surface area contributed by atoms with Crippen molar-refractivity contribution < 1.29 is 4.74 Å². The second-order valence-corrected chi connectivity index (χ2v) is 4.65. The van der Waals surface area contributed by atoms with Gasteiger partial charge < -0.3 is 10.1 Å². The van der Waals surface area contributed by atoms with Gasteiger partial charge in [-0.1, -0.05) is 42.5 Å². The van der Waals surface area contributed by atoms with Gasteiger partial charge in [-0.15, -0.1) is 0 Å². The molecule has 1 N–H and O–H groups in total. The number of para-hydroxylation sites is 1. The Kier molecular flexibility index (Phi) is 3.03. The molecule has 0 spiro atoms. The van der Waals surface area contributed by atoms with Gasteiger partial charge in [0.05, 0.1) is 6.04 Å². The molecule has 0 fully saturated rings. The molecule has 0 heterocycles. The van der Waals surface area contributed by atoms with Gasteiger partial charge in [-0.25, -0.2) is 0 Å². The van der Waals surface area contributed by atoms with Crippen LogP contribution in [0.5, 0.6) is 5.75 Å². The van der Waals surface area contributed by atoms with Crippen LogP contribution in [-0.4, -0.2) is 13.1 Å². The molecule has 0 aliphatic heterocycles. The molecule has 2 nitrogen and oxygen atoms in total. The van der Waals surface area contributed by atoms with Crippen molar-refractivity contribution in [2.75, 3.05) is 7.05 Å². The summed E-state index contributed by atoms with van der Waals surface area (Å²) in [6.07, 6.45) is 1.14. The molecule has 1 aliphatic rings. The van der Waals surface area contributed by atoms with Gasteiger partial charge in [-0.2, -0.15) is 0 Å². The fourth-order valence-corrected chi connectivity index (χ4v) is 2.60. The van der Waals surface area contributed by atoms with Gasteiger partial charge in [0.2, 0.25) is 0 Å². The van der Waals surface area contributed by atoms with E-state index in [1.807, 2.05) is 37.4 Å². The monoisotopic (exact) mass is 239 g/mol. The lowest BCUT2D eigenvalue weighted by Crippen LogP contribution is -2.32. The van der Waals surface area contributed by atoms with Gasteiger partial charge in [0.25, 0.3) is 0 Å². The Labute approximate surface area is 108 Å². The standard InChI is InChI=1S/C16H17NO/c1-17-15-11-12-7-5-6-10-14(12)16(15)18-13-8-3-2-4-9-13/h2-10,15-17H,11H2,1H3. The van der Waals surface area contributed by atoms with E-state index in [0.717, 1.165) is 12.2 Å². The molecule has 0 radical (unpaired) electrons. The molecule has 2 aromatic carbocycles. The van der Waals surface area contributed by atoms with Crippen molar-refractivity contribution in [2.24, 2.45) is 0 Å². The number of fused-ring (bicyclic) bond motifs is 1. The second-order valence-electron chi connectivity index (χ2n) is 4.65. The molecule has 18 heavy (non-hydrogen) atoms. The Balaban J connectivity index is 1.90. The van der Waals surface area contributed by atoms with Crippen LogP contribution in [0.15, 0.2) is 54.6 Å². The van der Waals surface area contributed by atoms with Gasteiger partial charge in [0.15, 0.2) is 0 Å². The van der Waals surface area contributed by atoms with Gasteiger partial charge in [0, 0.05) is 0 Å². The summed E-state index contributed by atoms with van der Waals surface area (Å²) < 4.78 is 6.14. The smallest absolute Gasteiger partial charge is 0.140 e. The van der Waals surface area contributed by atoms with Crippen molar-refractivity contribution in [3.05, 3.63) is 65.7 Å². The predicted molar refractivity (Wildman–Crippen MR) is 72.8 cm³/mol. The number of ether oxygens (including phenoxy) is 1. The average molecular weight is 239 g/mol. The molecular weight excluding hydrogens is 222 g/mol. The summed E-state index contributed by atoms with van der Waals surface area (Å²) in [5, 5.41) is 3.36. The molecule has 1 aliphatic carbocycles. The zero-order chi connectivity index (χ0) is 12.4. The normalized spacial score (nSPS) is 21.6. The van der Waals surface area contributed by atoms with Crippen LogP contribution < -0.4 is 10.1 Å². The molecule has 2 unspecified atom stereocenters. The first-order valence-electron chi connectivity index (χ1n) is 6.35. The lowest BCUT2D eigenvalue weighted by molar-refractivity contribution is 0.172. The van der Waals surface area contributed by atoms with Crippen LogP contribution in [-0.2, 0) is 6.42 Å². The van der Waals surface area contributed by atoms with Crippen LogP contribution in [0.3, 0.4) is 0 Å². The second kappa shape index (κ2) is 4.83. The maximum absolute atomic E-state index is 6.14. The fourth-order valence-electron chi connectivity index (χ4n) is 2.60. The molecule has 3 rings (SSSR count). The minimum Gasteiger partial charge on any atom is -0.484 e. The number of hydrogen-bond acceptors (Lipinski definition) is 2. The Morgan fingerprint density at radius 3 is 2.50 bits per heavy atom. The number of likely N-dealkylation sites (N-methyl/N-ethyl adjacent to an activating group) is 1. The molecule has 0 saturated carbocycles. The molecule has 2 atom stereocenters. The third-order valence-electron chi connectivity index (χ3n) is 3.54. The highest BCUT2D eigenvalue weighted by molar-refractivity contribution is 5.37. The molecular formula is C16H17NO. The molecule has 2 aromatic rings. The summed E-state index contributed by atoms with van der Waals surface area (Å²) in [5.74, 6) is 0.930. The molecule has 0 aromatic heterocycles. The van der Waals surface area contributed by atoms with E-state index >= 15 is 0 Å². The fraction of sp³-hybridized carbons (Fsp3) is 0.250. The molecule has 0 bridgehead atoms. The number of rotatable bonds is 3. The molecule has 0 saturated heterocycles. The topological polar surface area (TPSA) is 21.3 Å². The van der Waals surface area contributed by atoms with Crippen LogP contribution >= 0.6 is 0 Å². The lowest BCUT2D eigenvalue weighted by Gasteiger charge is -2.21. The van der Waals surface area contributed by atoms with Crippen LogP contribution in [0, 0.1) is 0 Å². The van der Waals surface area contributed by atoms with E-state index in [1.54, 1.807) is 0 Å². The van der Waals surface area contributed by atoms with Gasteiger partial charge >= 0.3 is 0 Å². The van der Waals surface area contributed by atoms with E-state index in [2.05, 4.69) is 29.6 Å². The van der Waals surface area contributed by atoms with E-state index < -0.39 is 0 Å². The number of benzene rings is 2. The van der Waals surface area contributed by atoms with E-state index in [4.69, 9.17) is 4.74 Å². The summed E-state index contributed by atoms with van der Waals surface area (Å²) in [7, 11) is 2.00. The number of nitrogens with one attached hydrogen (secondary N) is 1. The maximum atomic E-state index is 6.14. The Hall–Kier alpha value is -1.80. The minimum atomic E-state index is 0.105. The van der Waals surface area contributed by atoms with Crippen LogP contribution in [0.25, 0.3) is 0 Å². The summed E-state index contributed by atoms with van der Waals surface area (Å²) >= 11 is 0. The van der Waals surface area contributed by atoms with Gasteiger partial charge in [-0.3, -0.25) is 0 Å². The lowest BCUT2D eigenvalue weighted by atomic mass is 10.1. The first kappa shape index (κ1) is 11.3. The highest BCUT2D eigenvalue weighted by Gasteiger charge is 2.32. The van der Waals surface area contributed by atoms with E-state index in [-0.39, 0.29) is 6.10 Å². The van der Waals surface area contributed by atoms with Crippen molar-refractivity contribution in [1.29, 1.82) is 0 Å². The summed E-state index contributed by atoms with van der Waals surface area (Å²) in [5.41, 5.74) is 2.69. The number of hydrogen-bond donors (Lipinski definition) is 1. The first-order chi connectivity index (χ1) is 8.88. The highest BCUT2D eigenvalue weighted by Crippen LogP contribution is 2.34. The Bertz CT molecular complexity index is 524. The van der Waals surface area contributed by atoms with Gasteiger partial charge in [0.1, 0.15) is 11.9 Å². The van der Waals surface area contributed by atoms with Crippen molar-refractivity contribution in [1.82, 2.24) is 5.32 Å². The van der Waals surface area contributed by atoms with Crippen LogP contribution in [0.2, 0.25) is 0 Å². The van der Waals surface area contributed by atoms with E-state index in [0.29, 0.717) is 6.04 Å². The largest absolute Gasteiger partial charge is 0.484 e.